The maximum atomic E-state index is 12.3. The lowest BCUT2D eigenvalue weighted by Crippen LogP contribution is -2.32. The number of oxazole rings is 1. The van der Waals surface area contributed by atoms with Gasteiger partial charge in [0.1, 0.15) is 17.0 Å². The van der Waals surface area contributed by atoms with Gasteiger partial charge in [-0.3, -0.25) is 10.1 Å². The molecular weight excluding hydrogens is 565 g/mol. The number of aromatic nitrogens is 1. The standard InChI is InChI=1S/C28H18Cl3N3O3S/c1-15-2-3-17(12-21(15)30)24-10-8-20(36-24)9-11-25(35)34-28(38)32-19-6-4-16(5-7-19)27-33-23-14-18(29)13-22(31)26(23)37-27/h2-14H,1H3,(H2,32,34,35,38)/b11-9+. The summed E-state index contributed by atoms with van der Waals surface area (Å²) in [5.41, 5.74) is 4.29. The van der Waals surface area contributed by atoms with Crippen molar-refractivity contribution in [2.75, 3.05) is 5.32 Å². The fourth-order valence-corrected chi connectivity index (χ4v) is 4.52. The molecule has 38 heavy (non-hydrogen) atoms. The number of carbonyl (C=O) groups is 1. The van der Waals surface area contributed by atoms with Crippen LogP contribution in [0.15, 0.2) is 81.6 Å². The van der Waals surface area contributed by atoms with Gasteiger partial charge in [0.2, 0.25) is 11.8 Å². The summed E-state index contributed by atoms with van der Waals surface area (Å²) < 4.78 is 11.6. The second-order valence-electron chi connectivity index (χ2n) is 8.27. The molecule has 0 aliphatic carbocycles. The molecule has 2 aromatic heterocycles. The van der Waals surface area contributed by atoms with Gasteiger partial charge in [-0.05, 0) is 85.4 Å². The number of hydrogen-bond donors (Lipinski definition) is 2. The third-order valence-corrected chi connectivity index (χ3v) is 6.63. The Morgan fingerprint density at radius 3 is 2.45 bits per heavy atom. The Morgan fingerprint density at radius 2 is 1.68 bits per heavy atom. The summed E-state index contributed by atoms with van der Waals surface area (Å²) in [6.07, 6.45) is 2.90. The lowest BCUT2D eigenvalue weighted by atomic mass is 10.1. The molecule has 5 rings (SSSR count). The van der Waals surface area contributed by atoms with Crippen molar-refractivity contribution < 1.29 is 13.6 Å². The van der Waals surface area contributed by atoms with Crippen LogP contribution in [-0.4, -0.2) is 16.0 Å². The number of benzene rings is 3. The Balaban J connectivity index is 1.18. The number of carbonyl (C=O) groups excluding carboxylic acids is 1. The number of furan rings is 1. The van der Waals surface area contributed by atoms with E-state index >= 15 is 0 Å². The lowest BCUT2D eigenvalue weighted by molar-refractivity contribution is -0.115. The summed E-state index contributed by atoms with van der Waals surface area (Å²) >= 11 is 23.7. The van der Waals surface area contributed by atoms with Crippen molar-refractivity contribution in [3.05, 3.63) is 99.2 Å². The highest BCUT2D eigenvalue weighted by atomic mass is 35.5. The zero-order valence-electron chi connectivity index (χ0n) is 19.7. The molecule has 6 nitrogen and oxygen atoms in total. The van der Waals surface area contributed by atoms with Gasteiger partial charge in [-0.15, -0.1) is 0 Å². The van der Waals surface area contributed by atoms with Gasteiger partial charge in [-0.1, -0.05) is 46.9 Å². The third-order valence-electron chi connectivity index (χ3n) is 5.52. The monoisotopic (exact) mass is 581 g/mol. The van der Waals surface area contributed by atoms with Crippen molar-refractivity contribution in [2.45, 2.75) is 6.92 Å². The van der Waals surface area contributed by atoms with Crippen LogP contribution in [-0.2, 0) is 4.79 Å². The number of fused-ring (bicyclic) bond motifs is 1. The summed E-state index contributed by atoms with van der Waals surface area (Å²) in [7, 11) is 0. The summed E-state index contributed by atoms with van der Waals surface area (Å²) in [6, 6.07) is 19.8. The predicted molar refractivity (Wildman–Crippen MR) is 157 cm³/mol. The van der Waals surface area contributed by atoms with Gasteiger partial charge < -0.3 is 14.2 Å². The van der Waals surface area contributed by atoms with Crippen molar-refractivity contribution >= 4 is 80.9 Å². The number of thiocarbonyl (C=S) groups is 1. The van der Waals surface area contributed by atoms with E-state index < -0.39 is 5.91 Å². The quantitative estimate of drug-likeness (QED) is 0.160. The molecule has 0 aliphatic heterocycles. The van der Waals surface area contributed by atoms with Gasteiger partial charge >= 0.3 is 0 Å². The molecular formula is C28H18Cl3N3O3S. The van der Waals surface area contributed by atoms with Gasteiger partial charge in [-0.2, -0.15) is 0 Å². The molecule has 3 aromatic carbocycles. The normalized spacial score (nSPS) is 11.3. The first kappa shape index (κ1) is 26.0. The number of hydrogen-bond acceptors (Lipinski definition) is 5. The molecule has 1 amide bonds. The molecule has 0 atom stereocenters. The molecule has 0 radical (unpaired) electrons. The van der Waals surface area contributed by atoms with Gasteiger partial charge in [0, 0.05) is 32.9 Å². The Labute approximate surface area is 238 Å². The van der Waals surface area contributed by atoms with Gasteiger partial charge in [0.15, 0.2) is 10.7 Å². The van der Waals surface area contributed by atoms with Gasteiger partial charge in [0.05, 0.1) is 5.02 Å². The largest absolute Gasteiger partial charge is 0.457 e. The Morgan fingerprint density at radius 1 is 0.921 bits per heavy atom. The van der Waals surface area contributed by atoms with Gasteiger partial charge in [0.25, 0.3) is 0 Å². The maximum absolute atomic E-state index is 12.3. The van der Waals surface area contributed by atoms with E-state index in [0.717, 1.165) is 16.7 Å². The van der Waals surface area contributed by atoms with Crippen LogP contribution in [0.3, 0.4) is 0 Å². The first-order valence-corrected chi connectivity index (χ1v) is 12.8. The fraction of sp³-hybridized carbons (Fsp3) is 0.0357. The van der Waals surface area contributed by atoms with E-state index in [2.05, 4.69) is 15.6 Å². The van der Waals surface area contributed by atoms with Crippen LogP contribution in [0.1, 0.15) is 11.3 Å². The van der Waals surface area contributed by atoms with Gasteiger partial charge in [-0.25, -0.2) is 4.98 Å². The highest BCUT2D eigenvalue weighted by molar-refractivity contribution is 7.80. The molecule has 5 aromatic rings. The zero-order valence-corrected chi connectivity index (χ0v) is 22.8. The van der Waals surface area contributed by atoms with E-state index in [-0.39, 0.29) is 5.11 Å². The molecule has 0 bridgehead atoms. The van der Waals surface area contributed by atoms with Crippen LogP contribution in [0.5, 0.6) is 0 Å². The summed E-state index contributed by atoms with van der Waals surface area (Å²) in [5.74, 6) is 1.17. The summed E-state index contributed by atoms with van der Waals surface area (Å²) in [5, 5.41) is 7.25. The Hall–Kier alpha value is -3.62. The number of halogens is 3. The average molecular weight is 583 g/mol. The van der Waals surface area contributed by atoms with Crippen molar-refractivity contribution in [1.82, 2.24) is 10.3 Å². The van der Waals surface area contributed by atoms with Crippen molar-refractivity contribution in [1.29, 1.82) is 0 Å². The highest BCUT2D eigenvalue weighted by Crippen LogP contribution is 2.32. The first-order valence-electron chi connectivity index (χ1n) is 11.3. The van der Waals surface area contributed by atoms with E-state index in [0.29, 0.717) is 49.3 Å². The molecule has 0 saturated heterocycles. The average Bonchev–Trinajstić information content (AvgIpc) is 3.52. The topological polar surface area (TPSA) is 80.3 Å². The van der Waals surface area contributed by atoms with Crippen LogP contribution >= 0.6 is 47.0 Å². The Kier molecular flexibility index (Phi) is 7.53. The van der Waals surface area contributed by atoms with Crippen LogP contribution in [0, 0.1) is 6.92 Å². The van der Waals surface area contributed by atoms with E-state index in [9.17, 15) is 4.79 Å². The van der Waals surface area contributed by atoms with E-state index in [4.69, 9.17) is 55.9 Å². The Bertz CT molecular complexity index is 1710. The fourth-order valence-electron chi connectivity index (χ4n) is 3.60. The minimum absolute atomic E-state index is 0.144. The van der Waals surface area contributed by atoms with E-state index in [1.54, 1.807) is 36.4 Å². The number of nitrogens with one attached hydrogen (secondary N) is 2. The lowest BCUT2D eigenvalue weighted by Gasteiger charge is -2.08. The maximum Gasteiger partial charge on any atom is 0.250 e. The SMILES string of the molecule is Cc1ccc(-c2ccc(/C=C/C(=O)NC(=S)Nc3ccc(-c4nc5cc(Cl)cc(Cl)c5o4)cc3)o2)cc1Cl. The molecule has 0 aliphatic rings. The number of anilines is 1. The van der Waals surface area contributed by atoms with Crippen LogP contribution < -0.4 is 10.6 Å². The number of amides is 1. The molecule has 0 fully saturated rings. The second kappa shape index (κ2) is 11.0. The summed E-state index contributed by atoms with van der Waals surface area (Å²) in [4.78, 5) is 16.8. The smallest absolute Gasteiger partial charge is 0.250 e. The minimum Gasteiger partial charge on any atom is -0.457 e. The predicted octanol–water partition coefficient (Wildman–Crippen LogP) is 8.55. The van der Waals surface area contributed by atoms with Crippen LogP contribution in [0.25, 0.3) is 40.0 Å². The molecule has 2 N–H and O–H groups in total. The van der Waals surface area contributed by atoms with Crippen molar-refractivity contribution in [3.63, 3.8) is 0 Å². The van der Waals surface area contributed by atoms with Crippen molar-refractivity contribution in [3.8, 4) is 22.8 Å². The number of aryl methyl sites for hydroxylation is 1. The molecule has 10 heteroatoms. The third kappa shape index (κ3) is 5.92. The van der Waals surface area contributed by atoms with Crippen LogP contribution in [0.2, 0.25) is 15.1 Å². The zero-order chi connectivity index (χ0) is 26.8. The second-order valence-corrected chi connectivity index (χ2v) is 9.93. The van der Waals surface area contributed by atoms with Crippen molar-refractivity contribution in [2.24, 2.45) is 0 Å². The van der Waals surface area contributed by atoms with E-state index in [1.165, 1.54) is 6.08 Å². The number of nitrogens with zero attached hydrogens (tertiary/aromatic N) is 1. The van der Waals surface area contributed by atoms with Crippen LogP contribution in [0.4, 0.5) is 5.69 Å². The number of rotatable bonds is 5. The highest BCUT2D eigenvalue weighted by Gasteiger charge is 2.13. The summed E-state index contributed by atoms with van der Waals surface area (Å²) in [6.45, 7) is 1.93. The first-order chi connectivity index (χ1) is 18.2. The molecule has 0 saturated carbocycles. The minimum atomic E-state index is -0.405. The molecule has 0 spiro atoms. The van der Waals surface area contributed by atoms with E-state index in [1.807, 2.05) is 43.3 Å². The molecule has 0 unspecified atom stereocenters. The molecule has 2 heterocycles. The molecule has 190 valence electrons.